The van der Waals surface area contributed by atoms with Crippen LogP contribution in [0.5, 0.6) is 0 Å². The normalized spacial score (nSPS) is 16.5. The first-order chi connectivity index (χ1) is 11.4. The quantitative estimate of drug-likeness (QED) is 0.904. The Morgan fingerprint density at radius 1 is 1.38 bits per heavy atom. The third kappa shape index (κ3) is 3.37. The number of hydrogen-bond acceptors (Lipinski definition) is 3. The molecule has 2 N–H and O–H groups in total. The lowest BCUT2D eigenvalue weighted by Crippen LogP contribution is -2.39. The molecule has 24 heavy (non-hydrogen) atoms. The second-order valence-electron chi connectivity index (χ2n) is 7.63. The second-order valence-corrected chi connectivity index (χ2v) is 7.63. The number of aryl methyl sites for hydroxylation is 1. The van der Waals surface area contributed by atoms with Crippen LogP contribution in [0.1, 0.15) is 62.1 Å². The number of nitrogens with zero attached hydrogens (tertiary/aromatic N) is 2. The summed E-state index contributed by atoms with van der Waals surface area (Å²) in [6.07, 6.45) is 8.10. The number of carbonyl (C=O) groups is 1. The first-order valence-corrected chi connectivity index (χ1v) is 8.74. The van der Waals surface area contributed by atoms with E-state index in [1.54, 1.807) is 19.2 Å². The van der Waals surface area contributed by atoms with Crippen molar-refractivity contribution in [1.82, 2.24) is 19.9 Å². The Morgan fingerprint density at radius 2 is 2.08 bits per heavy atom. The van der Waals surface area contributed by atoms with Crippen LogP contribution >= 0.6 is 0 Å². The number of hydrogen-bond donors (Lipinski definition) is 2. The Morgan fingerprint density at radius 3 is 2.79 bits per heavy atom. The molecule has 0 aliphatic heterocycles. The third-order valence-corrected chi connectivity index (χ3v) is 5.24. The first kappa shape index (κ1) is 16.7. The van der Waals surface area contributed by atoms with Gasteiger partial charge < -0.3 is 10.3 Å². The molecule has 1 saturated carbocycles. The molecule has 0 saturated heterocycles. The van der Waals surface area contributed by atoms with Gasteiger partial charge in [0.1, 0.15) is 5.52 Å². The molecular weight excluding hydrogens is 304 g/mol. The molecule has 0 aromatic carbocycles. The minimum atomic E-state index is -0.232. The van der Waals surface area contributed by atoms with Crippen LogP contribution in [0.15, 0.2) is 17.1 Å². The van der Waals surface area contributed by atoms with Crippen molar-refractivity contribution in [2.45, 2.75) is 52.9 Å². The van der Waals surface area contributed by atoms with E-state index < -0.39 is 0 Å². The van der Waals surface area contributed by atoms with E-state index in [0.717, 1.165) is 0 Å². The average Bonchev–Trinajstić information content (AvgIpc) is 2.98. The van der Waals surface area contributed by atoms with E-state index in [1.807, 2.05) is 0 Å². The minimum Gasteiger partial charge on any atom is -0.350 e. The number of fused-ring (bicyclic) bond motifs is 1. The van der Waals surface area contributed by atoms with Gasteiger partial charge in [-0.05, 0) is 31.1 Å². The van der Waals surface area contributed by atoms with E-state index in [0.29, 0.717) is 23.7 Å². The van der Waals surface area contributed by atoms with Gasteiger partial charge in [0.05, 0.1) is 0 Å². The molecule has 1 aliphatic rings. The van der Waals surface area contributed by atoms with Crippen molar-refractivity contribution >= 4 is 11.4 Å². The molecule has 2 aromatic rings. The maximum Gasteiger partial charge on any atom is 0.274 e. The lowest BCUT2D eigenvalue weighted by atomic mass is 9.71. The van der Waals surface area contributed by atoms with Crippen LogP contribution in [-0.2, 0) is 0 Å². The van der Waals surface area contributed by atoms with Crippen molar-refractivity contribution in [3.05, 3.63) is 34.0 Å². The maximum atomic E-state index is 12.4. The van der Waals surface area contributed by atoms with Crippen molar-refractivity contribution in [2.24, 2.45) is 11.3 Å². The van der Waals surface area contributed by atoms with E-state index in [2.05, 4.69) is 29.2 Å². The van der Waals surface area contributed by atoms with Crippen molar-refractivity contribution in [1.29, 1.82) is 0 Å². The number of aromatic nitrogens is 3. The lowest BCUT2D eigenvalue weighted by molar-refractivity contribution is 0.0894. The van der Waals surface area contributed by atoms with Gasteiger partial charge in [-0.1, -0.05) is 33.1 Å². The number of aromatic amines is 1. The van der Waals surface area contributed by atoms with Crippen molar-refractivity contribution < 1.29 is 4.79 Å². The van der Waals surface area contributed by atoms with E-state index >= 15 is 0 Å². The van der Waals surface area contributed by atoms with Crippen LogP contribution in [0.3, 0.4) is 0 Å². The fourth-order valence-electron chi connectivity index (χ4n) is 3.66. The van der Waals surface area contributed by atoms with E-state index in [-0.39, 0.29) is 22.6 Å². The van der Waals surface area contributed by atoms with Gasteiger partial charge in [0.2, 0.25) is 0 Å². The zero-order chi connectivity index (χ0) is 17.3. The van der Waals surface area contributed by atoms with Gasteiger partial charge in [-0.3, -0.25) is 9.59 Å². The smallest absolute Gasteiger partial charge is 0.274 e. The number of amides is 1. The highest BCUT2D eigenvalue weighted by Gasteiger charge is 2.31. The number of carbonyl (C=O) groups excluding carboxylic acids is 1. The first-order valence-electron chi connectivity index (χ1n) is 8.74. The Labute approximate surface area is 141 Å². The summed E-state index contributed by atoms with van der Waals surface area (Å²) >= 11 is 0. The predicted molar refractivity (Wildman–Crippen MR) is 93.2 cm³/mol. The monoisotopic (exact) mass is 330 g/mol. The van der Waals surface area contributed by atoms with Crippen LogP contribution in [0.25, 0.3) is 5.52 Å². The van der Waals surface area contributed by atoms with Gasteiger partial charge in [-0.15, -0.1) is 0 Å². The number of H-pyrrole nitrogens is 1. The fourth-order valence-corrected chi connectivity index (χ4v) is 3.66. The lowest BCUT2D eigenvalue weighted by Gasteiger charge is -2.37. The maximum absolute atomic E-state index is 12.4. The summed E-state index contributed by atoms with van der Waals surface area (Å²) in [6.45, 7) is 6.86. The summed E-state index contributed by atoms with van der Waals surface area (Å²) in [4.78, 5) is 27.1. The van der Waals surface area contributed by atoms with E-state index in [4.69, 9.17) is 0 Å². The summed E-state index contributed by atoms with van der Waals surface area (Å²) in [5, 5.41) is 7.24. The molecule has 130 valence electrons. The molecule has 6 nitrogen and oxygen atoms in total. The standard InChI is InChI=1S/C18H26N4O2/c1-12-10-22-15(17(24)20-12)9-14(21-22)16(23)19-11-18(2,3)13-7-5-4-6-8-13/h9-10,13H,4-8,11H2,1-3H3,(H,19,23)(H,20,24). The number of nitrogens with one attached hydrogen (secondary N) is 2. The van der Waals surface area contributed by atoms with Crippen LogP contribution in [0, 0.1) is 18.3 Å². The zero-order valence-corrected chi connectivity index (χ0v) is 14.7. The third-order valence-electron chi connectivity index (χ3n) is 5.24. The van der Waals surface area contributed by atoms with Gasteiger partial charge in [0, 0.05) is 24.5 Å². The van der Waals surface area contributed by atoms with Crippen LogP contribution < -0.4 is 10.9 Å². The molecule has 0 radical (unpaired) electrons. The van der Waals surface area contributed by atoms with Gasteiger partial charge in [-0.2, -0.15) is 5.10 Å². The highest BCUT2D eigenvalue weighted by Crippen LogP contribution is 2.37. The van der Waals surface area contributed by atoms with Crippen LogP contribution in [0.4, 0.5) is 0 Å². The van der Waals surface area contributed by atoms with Crippen molar-refractivity contribution in [3.63, 3.8) is 0 Å². The summed E-state index contributed by atoms with van der Waals surface area (Å²) in [6, 6.07) is 1.54. The van der Waals surface area contributed by atoms with E-state index in [9.17, 15) is 9.59 Å². The highest BCUT2D eigenvalue weighted by atomic mass is 16.2. The Balaban J connectivity index is 1.71. The highest BCUT2D eigenvalue weighted by molar-refractivity contribution is 5.93. The molecule has 1 amide bonds. The van der Waals surface area contributed by atoms with Crippen LogP contribution in [0.2, 0.25) is 0 Å². The molecule has 0 unspecified atom stereocenters. The molecule has 0 spiro atoms. The topological polar surface area (TPSA) is 79.3 Å². The largest absolute Gasteiger partial charge is 0.350 e. The molecule has 2 heterocycles. The fraction of sp³-hybridized carbons (Fsp3) is 0.611. The van der Waals surface area contributed by atoms with Crippen molar-refractivity contribution in [2.75, 3.05) is 6.54 Å². The van der Waals surface area contributed by atoms with Gasteiger partial charge in [0.15, 0.2) is 5.69 Å². The van der Waals surface area contributed by atoms with Gasteiger partial charge >= 0.3 is 0 Å². The Hall–Kier alpha value is -2.11. The zero-order valence-electron chi connectivity index (χ0n) is 14.7. The van der Waals surface area contributed by atoms with Gasteiger partial charge in [0.25, 0.3) is 11.5 Å². The number of rotatable bonds is 4. The molecule has 1 aliphatic carbocycles. The SMILES string of the molecule is Cc1cn2nc(C(=O)NCC(C)(C)C3CCCCC3)cc2c(=O)[nH]1. The summed E-state index contributed by atoms with van der Waals surface area (Å²) in [5.41, 5.74) is 1.22. The van der Waals surface area contributed by atoms with Gasteiger partial charge in [-0.25, -0.2) is 4.52 Å². The summed E-state index contributed by atoms with van der Waals surface area (Å²) in [7, 11) is 0. The molecule has 2 aromatic heterocycles. The Kier molecular flexibility index (Phi) is 4.47. The molecule has 0 atom stereocenters. The second kappa shape index (κ2) is 6.42. The van der Waals surface area contributed by atoms with E-state index in [1.165, 1.54) is 36.6 Å². The van der Waals surface area contributed by atoms with Crippen LogP contribution in [-0.4, -0.2) is 27.0 Å². The van der Waals surface area contributed by atoms with Crippen molar-refractivity contribution in [3.8, 4) is 0 Å². The predicted octanol–water partition coefficient (Wildman–Crippen LogP) is 2.67. The Bertz CT molecular complexity index is 797. The molecule has 0 bridgehead atoms. The molecule has 1 fully saturated rings. The minimum absolute atomic E-state index is 0.0727. The molecular formula is C18H26N4O2. The molecule has 3 rings (SSSR count). The average molecular weight is 330 g/mol. The summed E-state index contributed by atoms with van der Waals surface area (Å²) in [5.74, 6) is 0.428. The molecule has 6 heteroatoms. The summed E-state index contributed by atoms with van der Waals surface area (Å²) < 4.78 is 1.47.